The molecule has 19 heavy (non-hydrogen) atoms. The molecular weight excluding hydrogens is 244 g/mol. The van der Waals surface area contributed by atoms with Crippen LogP contribution in [-0.4, -0.2) is 32.2 Å². The van der Waals surface area contributed by atoms with Crippen LogP contribution in [0, 0.1) is 0 Å². The Kier molecular flexibility index (Phi) is 3.84. The van der Waals surface area contributed by atoms with Gasteiger partial charge in [0.1, 0.15) is 5.82 Å². The molecule has 2 heterocycles. The van der Waals surface area contributed by atoms with Gasteiger partial charge < -0.3 is 15.6 Å². The van der Waals surface area contributed by atoms with Gasteiger partial charge in [0.2, 0.25) is 0 Å². The first-order valence-corrected chi connectivity index (χ1v) is 6.20. The number of hydrogen-bond donors (Lipinski definition) is 3. The summed E-state index contributed by atoms with van der Waals surface area (Å²) in [5, 5.41) is 9.49. The van der Waals surface area contributed by atoms with Crippen molar-refractivity contribution in [1.82, 2.24) is 25.1 Å². The molecule has 7 nitrogen and oxygen atoms in total. The van der Waals surface area contributed by atoms with E-state index in [1.165, 1.54) is 0 Å². The number of aromatic nitrogens is 4. The maximum absolute atomic E-state index is 11.9. The van der Waals surface area contributed by atoms with Crippen LogP contribution in [0.15, 0.2) is 12.4 Å². The minimum Gasteiger partial charge on any atom is -0.395 e. The van der Waals surface area contributed by atoms with Crippen LogP contribution in [0.4, 0.5) is 5.69 Å². The Hall–Kier alpha value is -2.31. The topological polar surface area (TPSA) is 102 Å². The number of nitrogen functional groups attached to an aromatic ring is 1. The van der Waals surface area contributed by atoms with Crippen molar-refractivity contribution in [1.29, 1.82) is 0 Å². The van der Waals surface area contributed by atoms with Gasteiger partial charge in [-0.05, 0) is 6.42 Å². The quantitative estimate of drug-likeness (QED) is 0.719. The first-order chi connectivity index (χ1) is 9.13. The highest BCUT2D eigenvalue weighted by Gasteiger charge is 2.15. The minimum absolute atomic E-state index is 0.261. The van der Waals surface area contributed by atoms with Crippen LogP contribution in [0.3, 0.4) is 0 Å². The van der Waals surface area contributed by atoms with E-state index in [-0.39, 0.29) is 11.6 Å². The molecule has 0 radical (unpaired) electrons. The standard InChI is InChI=1S/C12H18N6O/c1-3-8-10(13)11(17-16-8)12(19)15-5-4-9-14-6-7-18(9)2/h6-7H,3-5,13H2,1-2H3,(H,15,19)(H,16,17). The Labute approximate surface area is 111 Å². The van der Waals surface area contributed by atoms with E-state index in [2.05, 4.69) is 20.5 Å². The number of nitrogens with zero attached hydrogens (tertiary/aromatic N) is 3. The van der Waals surface area contributed by atoms with E-state index in [9.17, 15) is 4.79 Å². The van der Waals surface area contributed by atoms with Gasteiger partial charge in [0.25, 0.3) is 5.91 Å². The van der Waals surface area contributed by atoms with Gasteiger partial charge in [0, 0.05) is 32.4 Å². The van der Waals surface area contributed by atoms with E-state index in [0.717, 1.165) is 17.9 Å². The van der Waals surface area contributed by atoms with E-state index in [1.54, 1.807) is 6.20 Å². The number of carbonyl (C=O) groups is 1. The summed E-state index contributed by atoms with van der Waals surface area (Å²) in [6.07, 6.45) is 4.99. The normalized spacial score (nSPS) is 10.6. The summed E-state index contributed by atoms with van der Waals surface area (Å²) in [5.74, 6) is 0.659. The van der Waals surface area contributed by atoms with Crippen molar-refractivity contribution in [2.24, 2.45) is 7.05 Å². The van der Waals surface area contributed by atoms with Crippen molar-refractivity contribution in [3.05, 3.63) is 29.6 Å². The van der Waals surface area contributed by atoms with Gasteiger partial charge in [-0.15, -0.1) is 0 Å². The zero-order valence-electron chi connectivity index (χ0n) is 11.1. The lowest BCUT2D eigenvalue weighted by Crippen LogP contribution is -2.27. The monoisotopic (exact) mass is 262 g/mol. The third-order valence-electron chi connectivity index (χ3n) is 3.01. The van der Waals surface area contributed by atoms with Crippen molar-refractivity contribution >= 4 is 11.6 Å². The third kappa shape index (κ3) is 2.75. The van der Waals surface area contributed by atoms with Gasteiger partial charge in [-0.2, -0.15) is 5.10 Å². The molecule has 0 aliphatic carbocycles. The number of carbonyl (C=O) groups excluding carboxylic acids is 1. The molecule has 2 aromatic rings. The molecule has 1 amide bonds. The van der Waals surface area contributed by atoms with E-state index >= 15 is 0 Å². The SMILES string of the molecule is CCc1[nH]nc(C(=O)NCCc2nccn2C)c1N. The van der Waals surface area contributed by atoms with Crippen molar-refractivity contribution in [3.63, 3.8) is 0 Å². The average Bonchev–Trinajstić information content (AvgIpc) is 2.96. The molecule has 0 aliphatic rings. The number of aromatic amines is 1. The molecule has 0 fully saturated rings. The fourth-order valence-corrected chi connectivity index (χ4v) is 1.84. The molecule has 0 aliphatic heterocycles. The van der Waals surface area contributed by atoms with Crippen molar-refractivity contribution < 1.29 is 4.79 Å². The molecule has 0 unspecified atom stereocenters. The van der Waals surface area contributed by atoms with Gasteiger partial charge >= 0.3 is 0 Å². The number of rotatable bonds is 5. The van der Waals surface area contributed by atoms with Gasteiger partial charge in [-0.25, -0.2) is 4.98 Å². The molecule has 7 heteroatoms. The van der Waals surface area contributed by atoms with Crippen LogP contribution in [-0.2, 0) is 19.9 Å². The Balaban J connectivity index is 1.91. The molecule has 0 spiro atoms. The Morgan fingerprint density at radius 3 is 2.95 bits per heavy atom. The zero-order valence-corrected chi connectivity index (χ0v) is 11.1. The molecule has 0 aromatic carbocycles. The molecule has 4 N–H and O–H groups in total. The van der Waals surface area contributed by atoms with Gasteiger partial charge in [-0.1, -0.05) is 6.92 Å². The molecule has 0 saturated heterocycles. The Morgan fingerprint density at radius 2 is 2.37 bits per heavy atom. The summed E-state index contributed by atoms with van der Waals surface area (Å²) in [6, 6.07) is 0. The molecular formula is C12H18N6O. The summed E-state index contributed by atoms with van der Waals surface area (Å²) in [5.41, 5.74) is 7.31. The number of imidazole rings is 1. The number of nitrogens with one attached hydrogen (secondary N) is 2. The van der Waals surface area contributed by atoms with Crippen molar-refractivity contribution in [2.75, 3.05) is 12.3 Å². The maximum Gasteiger partial charge on any atom is 0.273 e. The molecule has 2 aromatic heterocycles. The van der Waals surface area contributed by atoms with Gasteiger partial charge in [-0.3, -0.25) is 9.89 Å². The van der Waals surface area contributed by atoms with Gasteiger partial charge in [0.15, 0.2) is 5.69 Å². The summed E-state index contributed by atoms with van der Waals surface area (Å²) in [4.78, 5) is 16.1. The first kappa shape index (κ1) is 13.1. The number of hydrogen-bond acceptors (Lipinski definition) is 4. The molecule has 102 valence electrons. The predicted octanol–water partition coefficient (Wildman–Crippen LogP) is 0.260. The highest BCUT2D eigenvalue weighted by Crippen LogP contribution is 2.13. The molecule has 2 rings (SSSR count). The van der Waals surface area contributed by atoms with Crippen LogP contribution >= 0.6 is 0 Å². The molecule has 0 atom stereocenters. The maximum atomic E-state index is 11.9. The minimum atomic E-state index is -0.261. The van der Waals surface area contributed by atoms with Crippen molar-refractivity contribution in [2.45, 2.75) is 19.8 Å². The van der Waals surface area contributed by atoms with Crippen LogP contribution in [0.25, 0.3) is 0 Å². The highest BCUT2D eigenvalue weighted by atomic mass is 16.1. The lowest BCUT2D eigenvalue weighted by molar-refractivity contribution is 0.0950. The number of H-pyrrole nitrogens is 1. The van der Waals surface area contributed by atoms with E-state index in [0.29, 0.717) is 18.7 Å². The molecule has 0 saturated carbocycles. The number of anilines is 1. The van der Waals surface area contributed by atoms with Crippen LogP contribution in [0.5, 0.6) is 0 Å². The second kappa shape index (κ2) is 5.55. The largest absolute Gasteiger partial charge is 0.395 e. The van der Waals surface area contributed by atoms with Crippen LogP contribution < -0.4 is 11.1 Å². The number of amides is 1. The zero-order chi connectivity index (χ0) is 13.8. The number of nitrogens with two attached hydrogens (primary N) is 1. The third-order valence-corrected chi connectivity index (χ3v) is 3.01. The first-order valence-electron chi connectivity index (χ1n) is 6.20. The fraction of sp³-hybridized carbons (Fsp3) is 0.417. The van der Waals surface area contributed by atoms with Crippen LogP contribution in [0.1, 0.15) is 28.9 Å². The second-order valence-electron chi connectivity index (χ2n) is 4.28. The second-order valence-corrected chi connectivity index (χ2v) is 4.28. The van der Waals surface area contributed by atoms with E-state index < -0.39 is 0 Å². The summed E-state index contributed by atoms with van der Waals surface area (Å²) in [6.45, 7) is 2.45. The van der Waals surface area contributed by atoms with Gasteiger partial charge in [0.05, 0.1) is 11.4 Å². The Bertz CT molecular complexity index is 571. The Morgan fingerprint density at radius 1 is 1.58 bits per heavy atom. The van der Waals surface area contributed by atoms with Crippen molar-refractivity contribution in [3.8, 4) is 0 Å². The van der Waals surface area contributed by atoms with E-state index in [4.69, 9.17) is 5.73 Å². The van der Waals surface area contributed by atoms with Crippen LogP contribution in [0.2, 0.25) is 0 Å². The lowest BCUT2D eigenvalue weighted by Gasteiger charge is -2.04. The van der Waals surface area contributed by atoms with E-state index in [1.807, 2.05) is 24.7 Å². The fourth-order valence-electron chi connectivity index (χ4n) is 1.84. The smallest absolute Gasteiger partial charge is 0.273 e. The highest BCUT2D eigenvalue weighted by molar-refractivity contribution is 5.97. The molecule has 0 bridgehead atoms. The summed E-state index contributed by atoms with van der Waals surface area (Å²) < 4.78 is 1.92. The lowest BCUT2D eigenvalue weighted by atomic mass is 10.2. The average molecular weight is 262 g/mol. The number of aryl methyl sites for hydroxylation is 2. The summed E-state index contributed by atoms with van der Waals surface area (Å²) >= 11 is 0. The predicted molar refractivity (Wildman–Crippen MR) is 71.6 cm³/mol. The summed E-state index contributed by atoms with van der Waals surface area (Å²) in [7, 11) is 1.92.